The molecule has 0 atom stereocenters. The molecule has 0 unspecified atom stereocenters. The number of rotatable bonds is 3. The standard InChI is InChI=1S/C18H22FN3O/c1-13-10-14(2)22(20-13)12-15-6-8-21(9-7-15)18(23)16-4-3-5-17(19)11-16/h3-5,10-11,15H,6-9,12H2,1-2H3. The fourth-order valence-electron chi connectivity index (χ4n) is 3.23. The first-order valence-corrected chi connectivity index (χ1v) is 8.09. The number of carbonyl (C=O) groups excluding carboxylic acids is 1. The molecule has 1 aliphatic rings. The Labute approximate surface area is 135 Å². The van der Waals surface area contributed by atoms with E-state index in [0.29, 0.717) is 11.5 Å². The number of likely N-dealkylation sites (tertiary alicyclic amines) is 1. The third-order valence-corrected chi connectivity index (χ3v) is 4.51. The highest BCUT2D eigenvalue weighted by Crippen LogP contribution is 2.21. The van der Waals surface area contributed by atoms with Crippen molar-refractivity contribution in [1.29, 1.82) is 0 Å². The van der Waals surface area contributed by atoms with Crippen LogP contribution in [-0.2, 0) is 6.54 Å². The van der Waals surface area contributed by atoms with E-state index in [2.05, 4.69) is 22.8 Å². The van der Waals surface area contributed by atoms with Crippen molar-refractivity contribution in [3.63, 3.8) is 0 Å². The molecule has 0 bridgehead atoms. The van der Waals surface area contributed by atoms with Crippen molar-refractivity contribution in [3.8, 4) is 0 Å². The lowest BCUT2D eigenvalue weighted by atomic mass is 9.96. The van der Waals surface area contributed by atoms with Crippen molar-refractivity contribution >= 4 is 5.91 Å². The fraction of sp³-hybridized carbons (Fsp3) is 0.444. The molecule has 0 N–H and O–H groups in total. The first-order chi connectivity index (χ1) is 11.0. The van der Waals surface area contributed by atoms with Crippen molar-refractivity contribution in [2.45, 2.75) is 33.2 Å². The van der Waals surface area contributed by atoms with E-state index >= 15 is 0 Å². The zero-order valence-electron chi connectivity index (χ0n) is 13.6. The third-order valence-electron chi connectivity index (χ3n) is 4.51. The molecule has 1 amide bonds. The Morgan fingerprint density at radius 2 is 2.00 bits per heavy atom. The Kier molecular flexibility index (Phi) is 4.46. The number of hydrogen-bond acceptors (Lipinski definition) is 2. The number of halogens is 1. The van der Waals surface area contributed by atoms with Gasteiger partial charge in [-0.1, -0.05) is 6.07 Å². The Balaban J connectivity index is 1.58. The number of carbonyl (C=O) groups is 1. The van der Waals surface area contributed by atoms with Gasteiger partial charge in [-0.3, -0.25) is 9.48 Å². The average Bonchev–Trinajstić information content (AvgIpc) is 2.85. The van der Waals surface area contributed by atoms with Gasteiger partial charge < -0.3 is 4.90 Å². The van der Waals surface area contributed by atoms with Gasteiger partial charge >= 0.3 is 0 Å². The highest BCUT2D eigenvalue weighted by molar-refractivity contribution is 5.94. The maximum atomic E-state index is 13.3. The Bertz CT molecular complexity index is 702. The number of hydrogen-bond donors (Lipinski definition) is 0. The van der Waals surface area contributed by atoms with Crippen molar-refractivity contribution in [1.82, 2.24) is 14.7 Å². The minimum atomic E-state index is -0.365. The summed E-state index contributed by atoms with van der Waals surface area (Å²) in [5.74, 6) is 0.0916. The summed E-state index contributed by atoms with van der Waals surface area (Å²) in [6.07, 6.45) is 1.92. The molecule has 122 valence electrons. The van der Waals surface area contributed by atoms with Gasteiger partial charge in [-0.2, -0.15) is 5.10 Å². The van der Waals surface area contributed by atoms with Gasteiger partial charge in [-0.25, -0.2) is 4.39 Å². The summed E-state index contributed by atoms with van der Waals surface area (Å²) in [7, 11) is 0. The first-order valence-electron chi connectivity index (χ1n) is 8.09. The van der Waals surface area contributed by atoms with Gasteiger partial charge in [-0.15, -0.1) is 0 Å². The van der Waals surface area contributed by atoms with E-state index in [9.17, 15) is 9.18 Å². The molecule has 1 fully saturated rings. The summed E-state index contributed by atoms with van der Waals surface area (Å²) in [5.41, 5.74) is 2.66. The van der Waals surface area contributed by atoms with E-state index in [-0.39, 0.29) is 11.7 Å². The summed E-state index contributed by atoms with van der Waals surface area (Å²) < 4.78 is 15.3. The van der Waals surface area contributed by atoms with Crippen LogP contribution in [-0.4, -0.2) is 33.7 Å². The van der Waals surface area contributed by atoms with Gasteiger partial charge in [0.25, 0.3) is 5.91 Å². The maximum Gasteiger partial charge on any atom is 0.253 e. The molecule has 2 aromatic rings. The van der Waals surface area contributed by atoms with E-state index in [0.717, 1.165) is 38.2 Å². The predicted octanol–water partition coefficient (Wildman–Crippen LogP) is 3.19. The van der Waals surface area contributed by atoms with Crippen LogP contribution in [0.3, 0.4) is 0 Å². The SMILES string of the molecule is Cc1cc(C)n(CC2CCN(C(=O)c3cccc(F)c3)CC2)n1. The van der Waals surface area contributed by atoms with Crippen molar-refractivity contribution in [2.24, 2.45) is 5.92 Å². The molecule has 1 saturated heterocycles. The number of amides is 1. The number of aryl methyl sites for hydroxylation is 2. The Morgan fingerprint density at radius 1 is 1.26 bits per heavy atom. The summed E-state index contributed by atoms with van der Waals surface area (Å²) in [5, 5.41) is 4.51. The van der Waals surface area contributed by atoms with Crippen LogP contribution in [0.2, 0.25) is 0 Å². The molecule has 0 saturated carbocycles. The quantitative estimate of drug-likeness (QED) is 0.872. The van der Waals surface area contributed by atoms with Crippen molar-refractivity contribution in [2.75, 3.05) is 13.1 Å². The molecule has 4 nitrogen and oxygen atoms in total. The van der Waals surface area contributed by atoms with E-state index < -0.39 is 0 Å². The lowest BCUT2D eigenvalue weighted by molar-refractivity contribution is 0.0680. The minimum absolute atomic E-state index is 0.0749. The lowest BCUT2D eigenvalue weighted by Gasteiger charge is -2.32. The molecular formula is C18H22FN3O. The third kappa shape index (κ3) is 3.60. The highest BCUT2D eigenvalue weighted by Gasteiger charge is 2.24. The van der Waals surface area contributed by atoms with Gasteiger partial charge in [0, 0.05) is 30.9 Å². The molecule has 5 heteroatoms. The van der Waals surface area contributed by atoms with Crippen LogP contribution < -0.4 is 0 Å². The molecule has 2 heterocycles. The van der Waals surface area contributed by atoms with Crippen molar-refractivity contribution < 1.29 is 9.18 Å². The summed E-state index contributed by atoms with van der Waals surface area (Å²) in [4.78, 5) is 14.2. The molecule has 0 radical (unpaired) electrons. The summed E-state index contributed by atoms with van der Waals surface area (Å²) >= 11 is 0. The highest BCUT2D eigenvalue weighted by atomic mass is 19.1. The van der Waals surface area contributed by atoms with Crippen LogP contribution in [0.15, 0.2) is 30.3 Å². The van der Waals surface area contributed by atoms with E-state index in [4.69, 9.17) is 0 Å². The van der Waals surface area contributed by atoms with Gasteiger partial charge in [0.2, 0.25) is 0 Å². The number of benzene rings is 1. The van der Waals surface area contributed by atoms with E-state index in [1.54, 1.807) is 12.1 Å². The molecule has 23 heavy (non-hydrogen) atoms. The largest absolute Gasteiger partial charge is 0.339 e. The van der Waals surface area contributed by atoms with E-state index in [1.165, 1.54) is 17.8 Å². The Morgan fingerprint density at radius 3 is 2.61 bits per heavy atom. The van der Waals surface area contributed by atoms with Gasteiger partial charge in [0.15, 0.2) is 0 Å². The second-order valence-corrected chi connectivity index (χ2v) is 6.36. The molecule has 0 aliphatic carbocycles. The van der Waals surface area contributed by atoms with Gasteiger partial charge in [0.05, 0.1) is 5.69 Å². The number of nitrogens with zero attached hydrogens (tertiary/aromatic N) is 3. The van der Waals surface area contributed by atoms with Crippen molar-refractivity contribution in [3.05, 3.63) is 53.1 Å². The van der Waals surface area contributed by atoms with E-state index in [1.807, 2.05) is 11.8 Å². The summed E-state index contributed by atoms with van der Waals surface area (Å²) in [6.45, 7) is 6.42. The molecular weight excluding hydrogens is 293 g/mol. The average molecular weight is 315 g/mol. The van der Waals surface area contributed by atoms with Crippen LogP contribution in [0.5, 0.6) is 0 Å². The zero-order chi connectivity index (χ0) is 16.4. The second-order valence-electron chi connectivity index (χ2n) is 6.36. The summed E-state index contributed by atoms with van der Waals surface area (Å²) in [6, 6.07) is 8.01. The first kappa shape index (κ1) is 15.7. The Hall–Kier alpha value is -2.17. The topological polar surface area (TPSA) is 38.1 Å². The molecule has 1 aromatic carbocycles. The molecule has 1 aliphatic heterocycles. The monoisotopic (exact) mass is 315 g/mol. The van der Waals surface area contributed by atoms with Crippen LogP contribution in [0.4, 0.5) is 4.39 Å². The smallest absolute Gasteiger partial charge is 0.253 e. The maximum absolute atomic E-state index is 13.3. The lowest BCUT2D eigenvalue weighted by Crippen LogP contribution is -2.39. The van der Waals surface area contributed by atoms with Gasteiger partial charge in [-0.05, 0) is 56.9 Å². The number of aromatic nitrogens is 2. The van der Waals surface area contributed by atoms with Crippen LogP contribution in [0.25, 0.3) is 0 Å². The molecule has 3 rings (SSSR count). The fourth-order valence-corrected chi connectivity index (χ4v) is 3.23. The second kappa shape index (κ2) is 6.52. The van der Waals surface area contributed by atoms with Crippen LogP contribution in [0.1, 0.15) is 34.6 Å². The normalized spacial score (nSPS) is 15.9. The predicted molar refractivity (Wildman–Crippen MR) is 86.7 cm³/mol. The number of piperidine rings is 1. The molecule has 0 spiro atoms. The minimum Gasteiger partial charge on any atom is -0.339 e. The molecule has 1 aromatic heterocycles. The van der Waals surface area contributed by atoms with Gasteiger partial charge in [0.1, 0.15) is 5.82 Å². The van der Waals surface area contributed by atoms with Crippen LogP contribution >= 0.6 is 0 Å². The van der Waals surface area contributed by atoms with Crippen LogP contribution in [0, 0.1) is 25.6 Å². The zero-order valence-corrected chi connectivity index (χ0v) is 13.6.